The summed E-state index contributed by atoms with van der Waals surface area (Å²) < 4.78 is 5.12. The quantitative estimate of drug-likeness (QED) is 0.595. The summed E-state index contributed by atoms with van der Waals surface area (Å²) in [7, 11) is 5.71. The van der Waals surface area contributed by atoms with Crippen LogP contribution in [0.25, 0.3) is 6.08 Å². The molecule has 0 spiro atoms. The molecule has 0 unspecified atom stereocenters. The maximum Gasteiger partial charge on any atom is 0.185 e. The van der Waals surface area contributed by atoms with Crippen molar-refractivity contribution in [3.8, 4) is 5.75 Å². The summed E-state index contributed by atoms with van der Waals surface area (Å²) in [5.41, 5.74) is 2.66. The summed E-state index contributed by atoms with van der Waals surface area (Å²) >= 11 is 0. The van der Waals surface area contributed by atoms with E-state index in [-0.39, 0.29) is 5.78 Å². The predicted octanol–water partition coefficient (Wildman–Crippen LogP) is 3.56. The Bertz CT molecular complexity index is 674. The number of rotatable bonds is 8. The highest BCUT2D eigenvalue weighted by atomic mass is 16.5. The Balaban J connectivity index is 1.92. The van der Waals surface area contributed by atoms with Crippen LogP contribution in [0.2, 0.25) is 0 Å². The molecule has 2 aromatic carbocycles. The number of anilines is 1. The van der Waals surface area contributed by atoms with E-state index in [1.54, 1.807) is 13.2 Å². The second-order valence-electron chi connectivity index (χ2n) is 5.78. The van der Waals surface area contributed by atoms with Crippen LogP contribution in [0.1, 0.15) is 15.9 Å². The molecule has 0 aliphatic heterocycles. The van der Waals surface area contributed by atoms with Gasteiger partial charge in [-0.15, -0.1) is 0 Å². The summed E-state index contributed by atoms with van der Waals surface area (Å²) in [5, 5.41) is 3.33. The highest BCUT2D eigenvalue weighted by Gasteiger charge is 2.02. The maximum atomic E-state index is 12.2. The summed E-state index contributed by atoms with van der Waals surface area (Å²) in [5.74, 6) is 0.793. The minimum atomic E-state index is -0.00865. The van der Waals surface area contributed by atoms with Gasteiger partial charge in [-0.05, 0) is 62.1 Å². The molecule has 4 nitrogen and oxygen atoms in total. The van der Waals surface area contributed by atoms with Crippen LogP contribution in [-0.2, 0) is 0 Å². The zero-order valence-electron chi connectivity index (χ0n) is 14.5. The van der Waals surface area contributed by atoms with Crippen molar-refractivity contribution in [3.63, 3.8) is 0 Å². The lowest BCUT2D eigenvalue weighted by Gasteiger charge is -2.11. The van der Waals surface area contributed by atoms with E-state index in [2.05, 4.69) is 10.2 Å². The Morgan fingerprint density at radius 3 is 2.33 bits per heavy atom. The first-order valence-electron chi connectivity index (χ1n) is 7.93. The van der Waals surface area contributed by atoms with Crippen LogP contribution >= 0.6 is 0 Å². The molecule has 0 aliphatic carbocycles. The lowest BCUT2D eigenvalue weighted by Crippen LogP contribution is -2.20. The smallest absolute Gasteiger partial charge is 0.185 e. The molecule has 0 aliphatic rings. The molecule has 2 aromatic rings. The Morgan fingerprint density at radius 2 is 1.75 bits per heavy atom. The number of methoxy groups -OCH3 is 1. The molecule has 4 heteroatoms. The molecule has 0 saturated carbocycles. The summed E-state index contributed by atoms with van der Waals surface area (Å²) in [6, 6.07) is 15.1. The van der Waals surface area contributed by atoms with Crippen LogP contribution < -0.4 is 10.1 Å². The Kier molecular flexibility index (Phi) is 6.58. The largest absolute Gasteiger partial charge is 0.497 e. The lowest BCUT2D eigenvalue weighted by molar-refractivity contribution is 0.104. The topological polar surface area (TPSA) is 41.6 Å². The Labute approximate surface area is 143 Å². The second kappa shape index (κ2) is 8.89. The van der Waals surface area contributed by atoms with Gasteiger partial charge in [-0.25, -0.2) is 0 Å². The molecule has 0 atom stereocenters. The van der Waals surface area contributed by atoms with Crippen molar-refractivity contribution < 1.29 is 9.53 Å². The first-order valence-corrected chi connectivity index (χ1v) is 7.93. The van der Waals surface area contributed by atoms with Crippen LogP contribution in [-0.4, -0.2) is 45.0 Å². The predicted molar refractivity (Wildman–Crippen MR) is 99.8 cm³/mol. The third-order valence-electron chi connectivity index (χ3n) is 3.60. The SMILES string of the molecule is COc1ccc(C=CC(=O)c2ccc(NCCN(C)C)cc2)cc1. The molecular formula is C20H24N2O2. The first kappa shape index (κ1) is 17.8. The molecule has 0 bridgehead atoms. The van der Waals surface area contributed by atoms with Gasteiger partial charge in [0.25, 0.3) is 0 Å². The molecule has 2 rings (SSSR count). The van der Waals surface area contributed by atoms with Gasteiger partial charge in [0, 0.05) is 24.3 Å². The minimum absolute atomic E-state index is 0.00865. The zero-order chi connectivity index (χ0) is 17.4. The number of carbonyl (C=O) groups excluding carboxylic acids is 1. The minimum Gasteiger partial charge on any atom is -0.497 e. The van der Waals surface area contributed by atoms with Crippen LogP contribution in [0.4, 0.5) is 5.69 Å². The van der Waals surface area contributed by atoms with E-state index in [9.17, 15) is 4.79 Å². The number of nitrogens with zero attached hydrogens (tertiary/aromatic N) is 1. The fourth-order valence-corrected chi connectivity index (χ4v) is 2.16. The molecular weight excluding hydrogens is 300 g/mol. The van der Waals surface area contributed by atoms with Gasteiger partial charge < -0.3 is 15.0 Å². The van der Waals surface area contributed by atoms with Crippen molar-refractivity contribution in [2.24, 2.45) is 0 Å². The van der Waals surface area contributed by atoms with Crippen molar-refractivity contribution in [2.75, 3.05) is 39.6 Å². The van der Waals surface area contributed by atoms with E-state index in [0.717, 1.165) is 30.1 Å². The van der Waals surface area contributed by atoms with Crippen molar-refractivity contribution in [3.05, 3.63) is 65.7 Å². The van der Waals surface area contributed by atoms with Gasteiger partial charge in [0.1, 0.15) is 5.75 Å². The summed E-state index contributed by atoms with van der Waals surface area (Å²) in [6.07, 6.45) is 3.40. The number of nitrogens with one attached hydrogen (secondary N) is 1. The van der Waals surface area contributed by atoms with Crippen LogP contribution in [0.5, 0.6) is 5.75 Å². The van der Waals surface area contributed by atoms with Gasteiger partial charge in [0.05, 0.1) is 7.11 Å². The average Bonchev–Trinajstić information content (AvgIpc) is 2.60. The molecule has 126 valence electrons. The number of ether oxygens (including phenoxy) is 1. The standard InChI is InChI=1S/C20H24N2O2/c1-22(2)15-14-21-18-9-7-17(8-10-18)20(23)13-6-16-4-11-19(24-3)12-5-16/h4-13,21H,14-15H2,1-3H3. The average molecular weight is 324 g/mol. The normalized spacial score (nSPS) is 11.0. The van der Waals surface area contributed by atoms with Crippen molar-refractivity contribution >= 4 is 17.5 Å². The fraction of sp³-hybridized carbons (Fsp3) is 0.250. The van der Waals surface area contributed by atoms with E-state index < -0.39 is 0 Å². The van der Waals surface area contributed by atoms with E-state index in [1.807, 2.05) is 68.7 Å². The van der Waals surface area contributed by atoms with Gasteiger partial charge in [-0.2, -0.15) is 0 Å². The van der Waals surface area contributed by atoms with Gasteiger partial charge >= 0.3 is 0 Å². The van der Waals surface area contributed by atoms with Crippen molar-refractivity contribution in [2.45, 2.75) is 0 Å². The molecule has 0 radical (unpaired) electrons. The summed E-state index contributed by atoms with van der Waals surface area (Å²) in [4.78, 5) is 14.3. The molecule has 0 aromatic heterocycles. The van der Waals surface area contributed by atoms with E-state index in [4.69, 9.17) is 4.74 Å². The van der Waals surface area contributed by atoms with Crippen molar-refractivity contribution in [1.82, 2.24) is 4.90 Å². The molecule has 1 N–H and O–H groups in total. The highest BCUT2D eigenvalue weighted by molar-refractivity contribution is 6.06. The maximum absolute atomic E-state index is 12.2. The van der Waals surface area contributed by atoms with E-state index in [1.165, 1.54) is 0 Å². The highest BCUT2D eigenvalue weighted by Crippen LogP contribution is 2.14. The fourth-order valence-electron chi connectivity index (χ4n) is 2.16. The number of hydrogen-bond donors (Lipinski definition) is 1. The van der Waals surface area contributed by atoms with Crippen LogP contribution in [0.3, 0.4) is 0 Å². The number of carbonyl (C=O) groups is 1. The molecule has 24 heavy (non-hydrogen) atoms. The molecule has 0 saturated heterocycles. The molecule has 0 heterocycles. The third kappa shape index (κ3) is 5.56. The third-order valence-corrected chi connectivity index (χ3v) is 3.60. The van der Waals surface area contributed by atoms with Crippen molar-refractivity contribution in [1.29, 1.82) is 0 Å². The number of hydrogen-bond acceptors (Lipinski definition) is 4. The molecule has 0 fully saturated rings. The lowest BCUT2D eigenvalue weighted by atomic mass is 10.1. The van der Waals surface area contributed by atoms with Gasteiger partial charge in [0.2, 0.25) is 0 Å². The number of benzene rings is 2. The number of likely N-dealkylation sites (N-methyl/N-ethyl adjacent to an activating group) is 1. The second-order valence-corrected chi connectivity index (χ2v) is 5.78. The first-order chi connectivity index (χ1) is 11.6. The zero-order valence-corrected chi connectivity index (χ0v) is 14.5. The van der Waals surface area contributed by atoms with E-state index in [0.29, 0.717) is 5.56 Å². The van der Waals surface area contributed by atoms with Gasteiger partial charge in [0.15, 0.2) is 5.78 Å². The van der Waals surface area contributed by atoms with E-state index >= 15 is 0 Å². The monoisotopic (exact) mass is 324 g/mol. The Morgan fingerprint density at radius 1 is 1.08 bits per heavy atom. The molecule has 0 amide bonds. The van der Waals surface area contributed by atoms with Gasteiger partial charge in [-0.3, -0.25) is 4.79 Å². The Hall–Kier alpha value is -2.59. The van der Waals surface area contributed by atoms with Crippen LogP contribution in [0, 0.1) is 0 Å². The van der Waals surface area contributed by atoms with Crippen LogP contribution in [0.15, 0.2) is 54.6 Å². The van der Waals surface area contributed by atoms with Gasteiger partial charge in [-0.1, -0.05) is 18.2 Å². The summed E-state index contributed by atoms with van der Waals surface area (Å²) in [6.45, 7) is 1.84. The number of ketones is 1. The number of allylic oxidation sites excluding steroid dienone is 1.